The molecule has 1 aromatic rings. The molecule has 0 aromatic heterocycles. The highest BCUT2D eigenvalue weighted by atomic mass is 19.1. The van der Waals surface area contributed by atoms with Gasteiger partial charge in [0.1, 0.15) is 5.82 Å². The summed E-state index contributed by atoms with van der Waals surface area (Å²) in [5.41, 5.74) is 1.17. The van der Waals surface area contributed by atoms with Crippen LogP contribution in [0.15, 0.2) is 18.2 Å². The van der Waals surface area contributed by atoms with Gasteiger partial charge >= 0.3 is 0 Å². The minimum Gasteiger partial charge on any atom is -0.389 e. The van der Waals surface area contributed by atoms with Gasteiger partial charge in [0, 0.05) is 19.2 Å². The van der Waals surface area contributed by atoms with Crippen LogP contribution in [0.1, 0.15) is 38.4 Å². The van der Waals surface area contributed by atoms with Crippen LogP contribution in [0.4, 0.5) is 10.1 Å². The standard InChI is InChI=1S/C13H20FNO/c1-4-5-9-15(3)13-11(10(2)16)7-6-8-12(13)14/h6-8,10,16H,4-5,9H2,1-3H3/t10-/m0/s1. The van der Waals surface area contributed by atoms with Crippen LogP contribution < -0.4 is 4.90 Å². The summed E-state index contributed by atoms with van der Waals surface area (Å²) >= 11 is 0. The van der Waals surface area contributed by atoms with Gasteiger partial charge in [-0.05, 0) is 19.4 Å². The molecule has 3 heteroatoms. The van der Waals surface area contributed by atoms with E-state index in [1.807, 2.05) is 11.9 Å². The normalized spacial score (nSPS) is 12.6. The summed E-state index contributed by atoms with van der Waals surface area (Å²) in [4.78, 5) is 1.88. The van der Waals surface area contributed by atoms with Crippen LogP contribution in [0, 0.1) is 5.82 Å². The van der Waals surface area contributed by atoms with E-state index in [9.17, 15) is 9.50 Å². The first kappa shape index (κ1) is 13.0. The highest BCUT2D eigenvalue weighted by molar-refractivity contribution is 5.55. The predicted molar refractivity (Wildman–Crippen MR) is 65.2 cm³/mol. The third-order valence-electron chi connectivity index (χ3n) is 2.70. The van der Waals surface area contributed by atoms with E-state index in [0.29, 0.717) is 11.3 Å². The molecule has 1 N–H and O–H groups in total. The summed E-state index contributed by atoms with van der Waals surface area (Å²) in [6, 6.07) is 4.84. The Kier molecular flexibility index (Phi) is 4.74. The first-order chi connectivity index (χ1) is 7.57. The minimum absolute atomic E-state index is 0.267. The molecular formula is C13H20FNO. The van der Waals surface area contributed by atoms with Crippen LogP contribution >= 0.6 is 0 Å². The topological polar surface area (TPSA) is 23.5 Å². The quantitative estimate of drug-likeness (QED) is 0.832. The molecule has 0 bridgehead atoms. The van der Waals surface area contributed by atoms with Gasteiger partial charge in [-0.15, -0.1) is 0 Å². The van der Waals surface area contributed by atoms with Crippen molar-refractivity contribution in [3.05, 3.63) is 29.6 Å². The Hall–Kier alpha value is -1.09. The lowest BCUT2D eigenvalue weighted by Gasteiger charge is -2.24. The number of aliphatic hydroxyl groups is 1. The summed E-state index contributed by atoms with van der Waals surface area (Å²) in [6.45, 7) is 4.56. The number of hydrogen-bond donors (Lipinski definition) is 1. The molecule has 0 heterocycles. The summed E-state index contributed by atoms with van der Waals surface area (Å²) < 4.78 is 13.7. The van der Waals surface area contributed by atoms with Crippen LogP contribution in [0.5, 0.6) is 0 Å². The maximum absolute atomic E-state index is 13.7. The molecule has 0 unspecified atom stereocenters. The molecule has 0 saturated heterocycles. The molecule has 0 radical (unpaired) electrons. The number of halogens is 1. The molecular weight excluding hydrogens is 205 g/mol. The molecule has 0 aliphatic carbocycles. The molecule has 0 aliphatic heterocycles. The van der Waals surface area contributed by atoms with Gasteiger partial charge < -0.3 is 10.0 Å². The molecule has 90 valence electrons. The first-order valence-corrected chi connectivity index (χ1v) is 5.75. The number of nitrogens with zero attached hydrogens (tertiary/aromatic N) is 1. The highest BCUT2D eigenvalue weighted by Gasteiger charge is 2.15. The Balaban J connectivity index is 3.00. The van der Waals surface area contributed by atoms with Gasteiger partial charge in [0.25, 0.3) is 0 Å². The largest absolute Gasteiger partial charge is 0.389 e. The van der Waals surface area contributed by atoms with E-state index in [1.54, 1.807) is 19.1 Å². The van der Waals surface area contributed by atoms with Crippen molar-refractivity contribution < 1.29 is 9.50 Å². The van der Waals surface area contributed by atoms with Gasteiger partial charge in [0.2, 0.25) is 0 Å². The molecule has 0 saturated carbocycles. The fourth-order valence-corrected chi connectivity index (χ4v) is 1.78. The summed E-state index contributed by atoms with van der Waals surface area (Å²) in [5.74, 6) is -0.267. The second-order valence-corrected chi connectivity index (χ2v) is 4.13. The molecule has 1 aromatic carbocycles. The lowest BCUT2D eigenvalue weighted by atomic mass is 10.1. The zero-order valence-electron chi connectivity index (χ0n) is 10.2. The van der Waals surface area contributed by atoms with Crippen LogP contribution in [0.3, 0.4) is 0 Å². The van der Waals surface area contributed by atoms with Crippen molar-refractivity contribution in [2.45, 2.75) is 32.8 Å². The van der Waals surface area contributed by atoms with Crippen molar-refractivity contribution in [3.8, 4) is 0 Å². The number of rotatable bonds is 5. The molecule has 1 atom stereocenters. The van der Waals surface area contributed by atoms with Gasteiger partial charge in [-0.3, -0.25) is 0 Å². The fraction of sp³-hybridized carbons (Fsp3) is 0.538. The van der Waals surface area contributed by atoms with E-state index < -0.39 is 6.10 Å². The molecule has 1 rings (SSSR count). The van der Waals surface area contributed by atoms with Crippen LogP contribution in [0.25, 0.3) is 0 Å². The van der Waals surface area contributed by atoms with E-state index in [2.05, 4.69) is 6.92 Å². The Bertz CT molecular complexity index is 339. The summed E-state index contributed by atoms with van der Waals surface area (Å²) in [6.07, 6.45) is 1.45. The van der Waals surface area contributed by atoms with E-state index >= 15 is 0 Å². The maximum Gasteiger partial charge on any atom is 0.146 e. The number of anilines is 1. The zero-order valence-corrected chi connectivity index (χ0v) is 10.2. The summed E-state index contributed by atoms with van der Waals surface area (Å²) in [5, 5.41) is 9.61. The second kappa shape index (κ2) is 5.85. The van der Waals surface area contributed by atoms with Crippen molar-refractivity contribution >= 4 is 5.69 Å². The van der Waals surface area contributed by atoms with Crippen LogP contribution in [0.2, 0.25) is 0 Å². The van der Waals surface area contributed by atoms with Crippen molar-refractivity contribution in [1.29, 1.82) is 0 Å². The molecule has 2 nitrogen and oxygen atoms in total. The Morgan fingerprint density at radius 1 is 1.44 bits per heavy atom. The van der Waals surface area contributed by atoms with Crippen molar-refractivity contribution in [2.24, 2.45) is 0 Å². The fourth-order valence-electron chi connectivity index (χ4n) is 1.78. The number of hydrogen-bond acceptors (Lipinski definition) is 2. The van der Waals surface area contributed by atoms with Gasteiger partial charge in [0.15, 0.2) is 0 Å². The second-order valence-electron chi connectivity index (χ2n) is 4.13. The highest BCUT2D eigenvalue weighted by Crippen LogP contribution is 2.28. The third-order valence-corrected chi connectivity index (χ3v) is 2.70. The lowest BCUT2D eigenvalue weighted by molar-refractivity contribution is 0.199. The molecule has 0 spiro atoms. The van der Waals surface area contributed by atoms with Crippen molar-refractivity contribution in [2.75, 3.05) is 18.5 Å². The van der Waals surface area contributed by atoms with Gasteiger partial charge in [-0.2, -0.15) is 0 Å². The summed E-state index contributed by atoms with van der Waals surface area (Å²) in [7, 11) is 1.86. The van der Waals surface area contributed by atoms with Gasteiger partial charge in [0.05, 0.1) is 11.8 Å². The number of para-hydroxylation sites is 1. The Morgan fingerprint density at radius 2 is 2.12 bits per heavy atom. The van der Waals surface area contributed by atoms with Crippen molar-refractivity contribution in [1.82, 2.24) is 0 Å². The first-order valence-electron chi connectivity index (χ1n) is 5.75. The maximum atomic E-state index is 13.7. The number of aliphatic hydroxyl groups excluding tert-OH is 1. The average Bonchev–Trinajstić information content (AvgIpc) is 2.25. The Morgan fingerprint density at radius 3 is 2.69 bits per heavy atom. The average molecular weight is 225 g/mol. The van der Waals surface area contributed by atoms with Gasteiger partial charge in [-0.25, -0.2) is 4.39 Å². The number of unbranched alkanes of at least 4 members (excludes halogenated alkanes) is 1. The molecule has 0 aliphatic rings. The van der Waals surface area contributed by atoms with E-state index in [0.717, 1.165) is 19.4 Å². The third kappa shape index (κ3) is 2.95. The van der Waals surface area contributed by atoms with Gasteiger partial charge in [-0.1, -0.05) is 25.5 Å². The van der Waals surface area contributed by atoms with Crippen LogP contribution in [-0.4, -0.2) is 18.7 Å². The smallest absolute Gasteiger partial charge is 0.146 e. The van der Waals surface area contributed by atoms with E-state index in [-0.39, 0.29) is 5.82 Å². The lowest BCUT2D eigenvalue weighted by Crippen LogP contribution is -2.21. The van der Waals surface area contributed by atoms with Crippen LogP contribution in [-0.2, 0) is 0 Å². The minimum atomic E-state index is -0.644. The van der Waals surface area contributed by atoms with E-state index in [1.165, 1.54) is 6.07 Å². The monoisotopic (exact) mass is 225 g/mol. The number of benzene rings is 1. The molecule has 0 amide bonds. The zero-order chi connectivity index (χ0) is 12.1. The SMILES string of the molecule is CCCCN(C)c1c(F)cccc1[C@H](C)O. The van der Waals surface area contributed by atoms with Crippen molar-refractivity contribution in [3.63, 3.8) is 0 Å². The molecule has 0 fully saturated rings. The Labute approximate surface area is 96.7 Å². The predicted octanol–water partition coefficient (Wildman–Crippen LogP) is 3.12. The van der Waals surface area contributed by atoms with E-state index in [4.69, 9.17) is 0 Å². The molecule has 16 heavy (non-hydrogen) atoms.